The highest BCUT2D eigenvalue weighted by molar-refractivity contribution is 7.10. The van der Waals surface area contributed by atoms with Crippen LogP contribution in [0.25, 0.3) is 0 Å². The van der Waals surface area contributed by atoms with Crippen LogP contribution in [0.15, 0.2) is 28.3 Å². The molecule has 1 aliphatic heterocycles. The Labute approximate surface area is 124 Å². The predicted octanol–water partition coefficient (Wildman–Crippen LogP) is 1.63. The van der Waals surface area contributed by atoms with Crippen LogP contribution in [0, 0.1) is 0 Å². The molecular formula is C13H13N3O4S. The number of fused-ring (bicyclic) bond motifs is 1. The van der Waals surface area contributed by atoms with Crippen LogP contribution in [-0.2, 0) is 17.8 Å². The van der Waals surface area contributed by atoms with E-state index in [1.807, 2.05) is 5.38 Å². The van der Waals surface area contributed by atoms with Crippen molar-refractivity contribution in [3.8, 4) is 0 Å². The number of nitrogens with one attached hydrogen (secondary N) is 1. The molecule has 0 spiro atoms. The highest BCUT2D eigenvalue weighted by atomic mass is 32.1. The molecule has 0 aromatic carbocycles. The third-order valence-corrected chi connectivity index (χ3v) is 4.37. The van der Waals surface area contributed by atoms with E-state index in [0.29, 0.717) is 24.2 Å². The van der Waals surface area contributed by atoms with Crippen molar-refractivity contribution < 1.29 is 19.2 Å². The van der Waals surface area contributed by atoms with E-state index in [9.17, 15) is 14.7 Å². The molecule has 8 heteroatoms. The second-order valence-electron chi connectivity index (χ2n) is 4.63. The maximum absolute atomic E-state index is 12.2. The van der Waals surface area contributed by atoms with Crippen molar-refractivity contribution >= 4 is 23.3 Å². The number of carbonyl (C=O) groups excluding carboxylic acids is 1. The Hall–Kier alpha value is -2.35. The Morgan fingerprint density at radius 3 is 3.10 bits per heavy atom. The number of urea groups is 1. The number of hydrogen-bond donors (Lipinski definition) is 2. The number of carbonyl (C=O) groups is 2. The fourth-order valence-corrected chi connectivity index (χ4v) is 3.30. The fraction of sp³-hybridized carbons (Fsp3) is 0.308. The van der Waals surface area contributed by atoms with Gasteiger partial charge in [0.1, 0.15) is 12.0 Å². The van der Waals surface area contributed by atoms with Gasteiger partial charge in [0.25, 0.3) is 0 Å². The molecule has 0 aliphatic carbocycles. The quantitative estimate of drug-likeness (QED) is 0.898. The smallest absolute Gasteiger partial charge is 0.331 e. The SMILES string of the molecule is O=C(O)C1c2ccsc2CCN1C(=O)NCc1ccon1. The van der Waals surface area contributed by atoms with Crippen LogP contribution < -0.4 is 5.32 Å². The van der Waals surface area contributed by atoms with Crippen molar-refractivity contribution in [2.45, 2.75) is 19.0 Å². The van der Waals surface area contributed by atoms with Crippen LogP contribution in [-0.4, -0.2) is 33.7 Å². The first-order valence-corrected chi connectivity index (χ1v) is 7.27. The second-order valence-corrected chi connectivity index (χ2v) is 5.63. The van der Waals surface area contributed by atoms with Gasteiger partial charge in [0, 0.05) is 17.5 Å². The Balaban J connectivity index is 1.74. The normalized spacial score (nSPS) is 17.3. The van der Waals surface area contributed by atoms with Gasteiger partial charge in [-0.15, -0.1) is 11.3 Å². The van der Waals surface area contributed by atoms with E-state index >= 15 is 0 Å². The minimum Gasteiger partial charge on any atom is -0.479 e. The minimum absolute atomic E-state index is 0.203. The molecule has 0 saturated carbocycles. The van der Waals surface area contributed by atoms with Crippen molar-refractivity contribution in [2.75, 3.05) is 6.54 Å². The molecule has 3 heterocycles. The number of amides is 2. The number of carboxylic acids is 1. The molecule has 1 aliphatic rings. The number of hydrogen-bond acceptors (Lipinski definition) is 5. The maximum Gasteiger partial charge on any atom is 0.331 e. The third kappa shape index (κ3) is 2.62. The summed E-state index contributed by atoms with van der Waals surface area (Å²) in [5, 5.41) is 17.6. The fourth-order valence-electron chi connectivity index (χ4n) is 2.40. The zero-order valence-corrected chi connectivity index (χ0v) is 11.8. The van der Waals surface area contributed by atoms with E-state index in [2.05, 4.69) is 15.0 Å². The minimum atomic E-state index is -1.02. The highest BCUT2D eigenvalue weighted by Crippen LogP contribution is 2.33. The molecule has 0 saturated heterocycles. The number of aliphatic carboxylic acids is 1. The lowest BCUT2D eigenvalue weighted by Crippen LogP contribution is -2.47. The van der Waals surface area contributed by atoms with Gasteiger partial charge in [-0.05, 0) is 23.4 Å². The number of aromatic nitrogens is 1. The summed E-state index contributed by atoms with van der Waals surface area (Å²) in [5.41, 5.74) is 1.29. The van der Waals surface area contributed by atoms with Gasteiger partial charge in [-0.25, -0.2) is 9.59 Å². The lowest BCUT2D eigenvalue weighted by atomic mass is 10.0. The summed E-state index contributed by atoms with van der Waals surface area (Å²) in [6.07, 6.45) is 2.09. The molecule has 2 N–H and O–H groups in total. The van der Waals surface area contributed by atoms with Crippen LogP contribution >= 0.6 is 11.3 Å². The van der Waals surface area contributed by atoms with Crippen molar-refractivity contribution in [1.82, 2.24) is 15.4 Å². The molecule has 2 amide bonds. The summed E-state index contributed by atoms with van der Waals surface area (Å²) >= 11 is 1.53. The topological polar surface area (TPSA) is 95.7 Å². The first kappa shape index (κ1) is 13.6. The molecule has 3 rings (SSSR count). The molecule has 110 valence electrons. The van der Waals surface area contributed by atoms with Crippen LogP contribution in [0.2, 0.25) is 0 Å². The van der Waals surface area contributed by atoms with Gasteiger partial charge in [-0.1, -0.05) is 5.16 Å². The van der Waals surface area contributed by atoms with Crippen LogP contribution in [0.1, 0.15) is 22.2 Å². The first-order chi connectivity index (χ1) is 10.2. The molecule has 1 unspecified atom stereocenters. The van der Waals surface area contributed by atoms with E-state index in [4.69, 9.17) is 0 Å². The van der Waals surface area contributed by atoms with Gasteiger partial charge in [0.2, 0.25) is 0 Å². The average Bonchev–Trinajstić information content (AvgIpc) is 3.14. The van der Waals surface area contributed by atoms with Gasteiger partial charge in [0.15, 0.2) is 6.04 Å². The van der Waals surface area contributed by atoms with E-state index in [0.717, 1.165) is 4.88 Å². The Morgan fingerprint density at radius 2 is 2.38 bits per heavy atom. The predicted molar refractivity (Wildman–Crippen MR) is 73.8 cm³/mol. The molecule has 0 radical (unpaired) electrons. The average molecular weight is 307 g/mol. The number of thiophene rings is 1. The molecule has 21 heavy (non-hydrogen) atoms. The summed E-state index contributed by atoms with van der Waals surface area (Å²) in [7, 11) is 0. The Bertz CT molecular complexity index is 652. The molecule has 1 atom stereocenters. The summed E-state index contributed by atoms with van der Waals surface area (Å²) in [4.78, 5) is 26.1. The van der Waals surface area contributed by atoms with Gasteiger partial charge in [0.05, 0.1) is 6.54 Å². The highest BCUT2D eigenvalue weighted by Gasteiger charge is 2.36. The monoisotopic (exact) mass is 307 g/mol. The van der Waals surface area contributed by atoms with Crippen LogP contribution in [0.3, 0.4) is 0 Å². The number of nitrogens with zero attached hydrogens (tertiary/aromatic N) is 2. The zero-order chi connectivity index (χ0) is 14.8. The molecule has 2 aromatic rings. The first-order valence-electron chi connectivity index (χ1n) is 6.39. The molecule has 0 fully saturated rings. The molecule has 2 aromatic heterocycles. The summed E-state index contributed by atoms with van der Waals surface area (Å²) in [6, 6.07) is 2.07. The lowest BCUT2D eigenvalue weighted by Gasteiger charge is -2.33. The van der Waals surface area contributed by atoms with Crippen LogP contribution in [0.5, 0.6) is 0 Å². The van der Waals surface area contributed by atoms with Gasteiger partial charge in [-0.3, -0.25) is 0 Å². The maximum atomic E-state index is 12.2. The van der Waals surface area contributed by atoms with Gasteiger partial charge < -0.3 is 19.8 Å². The zero-order valence-electron chi connectivity index (χ0n) is 11.0. The van der Waals surface area contributed by atoms with E-state index in [1.165, 1.54) is 22.5 Å². The van der Waals surface area contributed by atoms with Crippen molar-refractivity contribution in [1.29, 1.82) is 0 Å². The van der Waals surface area contributed by atoms with E-state index in [-0.39, 0.29) is 6.54 Å². The van der Waals surface area contributed by atoms with Gasteiger partial charge >= 0.3 is 12.0 Å². The summed E-state index contributed by atoms with van der Waals surface area (Å²) in [5.74, 6) is -1.02. The summed E-state index contributed by atoms with van der Waals surface area (Å²) in [6.45, 7) is 0.587. The van der Waals surface area contributed by atoms with Crippen molar-refractivity contribution in [3.05, 3.63) is 39.9 Å². The summed E-state index contributed by atoms with van der Waals surface area (Å²) < 4.78 is 4.68. The molecule has 0 bridgehead atoms. The Kier molecular flexibility index (Phi) is 3.61. The van der Waals surface area contributed by atoms with E-state index in [1.54, 1.807) is 12.1 Å². The third-order valence-electron chi connectivity index (χ3n) is 3.37. The second kappa shape index (κ2) is 5.57. The lowest BCUT2D eigenvalue weighted by molar-refractivity contribution is -0.142. The largest absolute Gasteiger partial charge is 0.479 e. The number of rotatable bonds is 3. The molecular weight excluding hydrogens is 294 g/mol. The molecule has 7 nitrogen and oxygen atoms in total. The van der Waals surface area contributed by atoms with Gasteiger partial charge in [-0.2, -0.15) is 0 Å². The standard InChI is InChI=1S/C13H13N3O4S/c17-12(18)11-9-3-6-21-10(9)1-4-16(11)13(19)14-7-8-2-5-20-15-8/h2-3,5-6,11H,1,4,7H2,(H,14,19)(H,17,18). The number of carboxylic acid groups (broad SMARTS) is 1. The van der Waals surface area contributed by atoms with Crippen molar-refractivity contribution in [2.24, 2.45) is 0 Å². The van der Waals surface area contributed by atoms with E-state index < -0.39 is 18.0 Å². The van der Waals surface area contributed by atoms with Crippen molar-refractivity contribution in [3.63, 3.8) is 0 Å². The van der Waals surface area contributed by atoms with Crippen LogP contribution in [0.4, 0.5) is 4.79 Å². The Morgan fingerprint density at radius 1 is 1.52 bits per heavy atom.